The molecule has 6 heteroatoms. The number of rotatable bonds is 3. The van der Waals surface area contributed by atoms with E-state index in [0.29, 0.717) is 31.7 Å². The van der Waals surface area contributed by atoms with Gasteiger partial charge in [-0.05, 0) is 32.1 Å². The molecule has 0 radical (unpaired) electrons. The summed E-state index contributed by atoms with van der Waals surface area (Å²) in [7, 11) is 0. The number of nitrogens with one attached hydrogen (secondary N) is 1. The van der Waals surface area contributed by atoms with Crippen LogP contribution in [0.3, 0.4) is 0 Å². The maximum atomic E-state index is 12.9. The van der Waals surface area contributed by atoms with Crippen molar-refractivity contribution in [3.63, 3.8) is 0 Å². The van der Waals surface area contributed by atoms with Gasteiger partial charge in [0.2, 0.25) is 0 Å². The lowest BCUT2D eigenvalue weighted by Crippen LogP contribution is -2.66. The van der Waals surface area contributed by atoms with Crippen molar-refractivity contribution in [3.05, 3.63) is 24.0 Å². The van der Waals surface area contributed by atoms with Crippen LogP contribution in [0.1, 0.15) is 18.5 Å². The van der Waals surface area contributed by atoms with Crippen LogP contribution in [0.5, 0.6) is 5.75 Å². The first-order valence-electron chi connectivity index (χ1n) is 7.47. The molecule has 2 fully saturated rings. The summed E-state index contributed by atoms with van der Waals surface area (Å²) in [6.07, 6.45) is 3.07. The van der Waals surface area contributed by atoms with Crippen LogP contribution in [0.2, 0.25) is 0 Å². The second-order valence-electron chi connectivity index (χ2n) is 5.90. The highest BCUT2D eigenvalue weighted by Crippen LogP contribution is 2.31. The van der Waals surface area contributed by atoms with E-state index in [1.807, 2.05) is 24.0 Å². The maximum Gasteiger partial charge on any atom is 0.266 e. The van der Waals surface area contributed by atoms with Crippen molar-refractivity contribution < 1.29 is 9.53 Å². The fraction of sp³-hybridized carbons (Fsp3) is 0.600. The van der Waals surface area contributed by atoms with Gasteiger partial charge in [0.05, 0.1) is 5.69 Å². The zero-order chi connectivity index (χ0) is 14.9. The fourth-order valence-corrected chi connectivity index (χ4v) is 2.94. The third-order valence-corrected chi connectivity index (χ3v) is 4.26. The van der Waals surface area contributed by atoms with Crippen molar-refractivity contribution >= 4 is 5.91 Å². The van der Waals surface area contributed by atoms with Crippen molar-refractivity contribution in [2.45, 2.75) is 31.4 Å². The summed E-state index contributed by atoms with van der Waals surface area (Å²) >= 11 is 0. The summed E-state index contributed by atoms with van der Waals surface area (Å²) in [5.74, 6) is 0.756. The largest absolute Gasteiger partial charge is 0.475 e. The van der Waals surface area contributed by atoms with E-state index in [2.05, 4.69) is 10.3 Å². The molecule has 0 unspecified atom stereocenters. The predicted molar refractivity (Wildman–Crippen MR) is 79.0 cm³/mol. The molecular formula is C15H22N4O2. The van der Waals surface area contributed by atoms with E-state index < -0.39 is 5.60 Å². The quantitative estimate of drug-likeness (QED) is 0.823. The van der Waals surface area contributed by atoms with E-state index in [-0.39, 0.29) is 11.9 Å². The second kappa shape index (κ2) is 5.61. The van der Waals surface area contributed by atoms with Crippen molar-refractivity contribution in [2.75, 3.05) is 26.2 Å². The van der Waals surface area contributed by atoms with Gasteiger partial charge in [0.15, 0.2) is 5.60 Å². The zero-order valence-electron chi connectivity index (χ0n) is 12.3. The van der Waals surface area contributed by atoms with Crippen LogP contribution in [0.25, 0.3) is 0 Å². The number of carbonyl (C=O) groups excluding carboxylic acids is 1. The van der Waals surface area contributed by atoms with Crippen molar-refractivity contribution in [1.29, 1.82) is 0 Å². The van der Waals surface area contributed by atoms with E-state index in [9.17, 15) is 4.79 Å². The van der Waals surface area contributed by atoms with Gasteiger partial charge in [-0.15, -0.1) is 0 Å². The number of pyridine rings is 1. The van der Waals surface area contributed by atoms with Gasteiger partial charge in [-0.25, -0.2) is 0 Å². The number of nitrogens with zero attached hydrogens (tertiary/aromatic N) is 2. The van der Waals surface area contributed by atoms with Gasteiger partial charge in [-0.3, -0.25) is 9.78 Å². The van der Waals surface area contributed by atoms with Crippen LogP contribution in [0.4, 0.5) is 0 Å². The summed E-state index contributed by atoms with van der Waals surface area (Å²) in [6.45, 7) is 4.72. The first kappa shape index (κ1) is 14.3. The number of carbonyl (C=O) groups is 1. The highest BCUT2D eigenvalue weighted by molar-refractivity contribution is 5.86. The maximum absolute atomic E-state index is 12.9. The molecule has 2 saturated heterocycles. The van der Waals surface area contributed by atoms with E-state index in [1.54, 1.807) is 6.20 Å². The molecule has 3 rings (SSSR count). The van der Waals surface area contributed by atoms with Crippen molar-refractivity contribution in [2.24, 2.45) is 5.73 Å². The predicted octanol–water partition coefficient (Wildman–Crippen LogP) is 0.0605. The van der Waals surface area contributed by atoms with Crippen LogP contribution in [-0.2, 0) is 4.79 Å². The normalized spacial score (nSPS) is 21.7. The Bertz CT molecular complexity index is 522. The molecule has 0 saturated carbocycles. The minimum Gasteiger partial charge on any atom is -0.475 e. The molecule has 0 spiro atoms. The third kappa shape index (κ3) is 2.73. The third-order valence-electron chi connectivity index (χ3n) is 4.26. The first-order valence-corrected chi connectivity index (χ1v) is 7.47. The van der Waals surface area contributed by atoms with Gasteiger partial charge >= 0.3 is 0 Å². The molecule has 0 aliphatic carbocycles. The number of likely N-dealkylation sites (tertiary alicyclic amines) is 1. The molecule has 114 valence electrons. The molecule has 21 heavy (non-hydrogen) atoms. The van der Waals surface area contributed by atoms with E-state index in [1.165, 1.54) is 0 Å². The topological polar surface area (TPSA) is 80.5 Å². The minimum absolute atomic E-state index is 0.0638. The average molecular weight is 290 g/mol. The summed E-state index contributed by atoms with van der Waals surface area (Å²) < 4.78 is 6.19. The summed E-state index contributed by atoms with van der Waals surface area (Å²) in [5.41, 5.74) is 5.83. The number of aromatic nitrogens is 1. The molecule has 0 atom stereocenters. The number of aryl methyl sites for hydroxylation is 1. The van der Waals surface area contributed by atoms with E-state index in [0.717, 1.165) is 18.8 Å². The van der Waals surface area contributed by atoms with Gasteiger partial charge in [0.25, 0.3) is 5.91 Å². The van der Waals surface area contributed by atoms with Gasteiger partial charge in [-0.2, -0.15) is 0 Å². The lowest BCUT2D eigenvalue weighted by Gasteiger charge is -2.45. The Kier molecular flexibility index (Phi) is 3.82. The van der Waals surface area contributed by atoms with E-state index in [4.69, 9.17) is 10.5 Å². The fourth-order valence-electron chi connectivity index (χ4n) is 2.94. The van der Waals surface area contributed by atoms with Crippen LogP contribution >= 0.6 is 0 Å². The van der Waals surface area contributed by atoms with Gasteiger partial charge in [0, 0.05) is 38.2 Å². The van der Waals surface area contributed by atoms with Crippen LogP contribution in [0, 0.1) is 6.92 Å². The molecule has 1 aromatic rings. The molecule has 3 N–H and O–H groups in total. The SMILES string of the molecule is Cc1ncccc1OC1(C(=O)N2CC(N)C2)CCNCC1. The number of hydrogen-bond acceptors (Lipinski definition) is 5. The molecule has 0 aromatic carbocycles. The average Bonchev–Trinajstić information content (AvgIpc) is 2.47. The highest BCUT2D eigenvalue weighted by Gasteiger charge is 2.47. The van der Waals surface area contributed by atoms with Crippen LogP contribution < -0.4 is 15.8 Å². The molecule has 2 aliphatic heterocycles. The van der Waals surface area contributed by atoms with Crippen molar-refractivity contribution in [3.8, 4) is 5.75 Å². The molecule has 1 aromatic heterocycles. The molecule has 0 bridgehead atoms. The molecule has 6 nitrogen and oxygen atoms in total. The molecular weight excluding hydrogens is 268 g/mol. The lowest BCUT2D eigenvalue weighted by atomic mass is 9.88. The van der Waals surface area contributed by atoms with Crippen LogP contribution in [0.15, 0.2) is 18.3 Å². The van der Waals surface area contributed by atoms with Crippen molar-refractivity contribution in [1.82, 2.24) is 15.2 Å². The minimum atomic E-state index is -0.779. The Balaban J connectivity index is 1.83. The Labute approximate surface area is 124 Å². The van der Waals surface area contributed by atoms with Gasteiger partial charge in [0.1, 0.15) is 5.75 Å². The molecule has 2 aliphatic rings. The summed E-state index contributed by atoms with van der Waals surface area (Å²) in [5, 5.41) is 3.29. The Hall–Kier alpha value is -1.66. The standard InChI is InChI=1S/C15H22N4O2/c1-11-13(3-2-6-18-11)21-15(4-7-17-8-5-15)14(20)19-9-12(16)10-19/h2-3,6,12,17H,4-5,7-10,16H2,1H3. The Morgan fingerprint density at radius 3 is 2.81 bits per heavy atom. The summed E-state index contributed by atoms with van der Waals surface area (Å²) in [6, 6.07) is 3.82. The number of hydrogen-bond donors (Lipinski definition) is 2. The van der Waals surface area contributed by atoms with Gasteiger partial charge in [-0.1, -0.05) is 0 Å². The molecule has 1 amide bonds. The smallest absolute Gasteiger partial charge is 0.266 e. The molecule has 3 heterocycles. The number of ether oxygens (including phenoxy) is 1. The zero-order valence-corrected chi connectivity index (χ0v) is 12.3. The number of nitrogens with two attached hydrogens (primary N) is 1. The summed E-state index contributed by atoms with van der Waals surface area (Å²) in [4.78, 5) is 18.9. The van der Waals surface area contributed by atoms with Crippen LogP contribution in [-0.4, -0.2) is 53.6 Å². The first-order chi connectivity index (χ1) is 10.1. The lowest BCUT2D eigenvalue weighted by molar-refractivity contribution is -0.155. The Morgan fingerprint density at radius 1 is 1.48 bits per heavy atom. The number of piperidine rings is 1. The monoisotopic (exact) mass is 290 g/mol. The van der Waals surface area contributed by atoms with Gasteiger partial charge < -0.3 is 20.7 Å². The highest BCUT2D eigenvalue weighted by atomic mass is 16.5. The second-order valence-corrected chi connectivity index (χ2v) is 5.90. The Morgan fingerprint density at radius 2 is 2.19 bits per heavy atom. The number of amides is 1. The van der Waals surface area contributed by atoms with E-state index >= 15 is 0 Å².